The number of sulfonamides is 1. The summed E-state index contributed by atoms with van der Waals surface area (Å²) in [6, 6.07) is 13.9. The highest BCUT2D eigenvalue weighted by Gasteiger charge is 2.64. The van der Waals surface area contributed by atoms with E-state index < -0.39 is 39.5 Å². The van der Waals surface area contributed by atoms with Crippen molar-refractivity contribution in [1.29, 1.82) is 0 Å². The number of nitrogens with one attached hydrogen (secondary N) is 2. The third-order valence-corrected chi connectivity index (χ3v) is 12.5. The lowest BCUT2D eigenvalue weighted by Crippen LogP contribution is -2.57. The highest BCUT2D eigenvalue weighted by Crippen LogP contribution is 2.66. The first-order valence-electron chi connectivity index (χ1n) is 17.3. The first-order valence-corrected chi connectivity index (χ1v) is 18.8. The van der Waals surface area contributed by atoms with E-state index in [0.29, 0.717) is 11.3 Å². The quantitative estimate of drug-likeness (QED) is 0.265. The van der Waals surface area contributed by atoms with Crippen molar-refractivity contribution >= 4 is 22.1 Å². The van der Waals surface area contributed by atoms with Gasteiger partial charge in [0.1, 0.15) is 0 Å². The molecule has 1 spiro atoms. The number of nitrogens with zero attached hydrogens (tertiary/aromatic N) is 2. The number of aryl methyl sites for hydroxylation is 2. The predicted octanol–water partition coefficient (Wildman–Crippen LogP) is 8.08. The number of rotatable bonds is 6. The van der Waals surface area contributed by atoms with Gasteiger partial charge in [-0.15, -0.1) is 0 Å². The number of aromatic nitrogens is 2. The molecule has 0 radical (unpaired) electrons. The number of carbonyl (C=O) groups excluding carboxylic acids is 1. The lowest BCUT2D eigenvalue weighted by molar-refractivity contribution is -0.194. The maximum atomic E-state index is 14.5. The average molecular weight is 713 g/mol. The maximum absolute atomic E-state index is 14.5. The van der Waals surface area contributed by atoms with E-state index in [9.17, 15) is 26.4 Å². The average Bonchev–Trinajstić information content (AvgIpc) is 3.78. The Morgan fingerprint density at radius 1 is 1.04 bits per heavy atom. The third-order valence-electron chi connectivity index (χ3n) is 11.2. The second-order valence-corrected chi connectivity index (χ2v) is 17.0. The molecule has 3 aromatic rings. The second kappa shape index (κ2) is 12.4. The van der Waals surface area contributed by atoms with Crippen molar-refractivity contribution in [2.24, 2.45) is 22.7 Å². The monoisotopic (exact) mass is 712 g/mol. The summed E-state index contributed by atoms with van der Waals surface area (Å²) in [6.07, 6.45) is -2.02. The van der Waals surface area contributed by atoms with Crippen LogP contribution >= 0.6 is 0 Å². The van der Waals surface area contributed by atoms with Crippen LogP contribution in [-0.2, 0) is 14.8 Å². The summed E-state index contributed by atoms with van der Waals surface area (Å²) in [5.74, 6) is -1.07. The molecule has 4 aliphatic rings. The molecule has 268 valence electrons. The van der Waals surface area contributed by atoms with Crippen LogP contribution in [0, 0.1) is 36.5 Å². The first-order chi connectivity index (χ1) is 23.6. The molecule has 7 rings (SSSR count). The SMILES string of the molecule is Cc1cccc(C)c1-c1cc2nc(n1)NS(=O)(=O)c1cccc(c1)C(C1CC3(CC(NC(=O)OC(C)C)C3)C1)[C@H](CC1(C(F)(F)F)CC1)CO2. The minimum atomic E-state index is -4.37. The molecule has 3 fully saturated rings. The Morgan fingerprint density at radius 2 is 1.72 bits per heavy atom. The van der Waals surface area contributed by atoms with Crippen LogP contribution in [-0.4, -0.2) is 49.4 Å². The summed E-state index contributed by atoms with van der Waals surface area (Å²) in [6.45, 7) is 7.39. The fraction of sp³-hybridized carbons (Fsp3) is 0.541. The van der Waals surface area contributed by atoms with E-state index >= 15 is 0 Å². The van der Waals surface area contributed by atoms with Gasteiger partial charge in [-0.05, 0) is 119 Å². The van der Waals surface area contributed by atoms with Gasteiger partial charge in [-0.2, -0.15) is 18.2 Å². The number of halogens is 3. The van der Waals surface area contributed by atoms with Crippen molar-refractivity contribution in [3.05, 3.63) is 65.2 Å². The summed E-state index contributed by atoms with van der Waals surface area (Å²) in [5, 5.41) is 2.92. The zero-order chi connectivity index (χ0) is 35.6. The molecule has 1 amide bonds. The Bertz CT molecular complexity index is 1880. The summed E-state index contributed by atoms with van der Waals surface area (Å²) in [7, 11) is -4.17. The number of alkyl carbamates (subject to hydrolysis) is 1. The lowest BCUT2D eigenvalue weighted by atomic mass is 9.46. The van der Waals surface area contributed by atoms with Gasteiger partial charge in [0, 0.05) is 23.6 Å². The number of hydrogen-bond acceptors (Lipinski definition) is 7. The first kappa shape index (κ1) is 34.6. The van der Waals surface area contributed by atoms with Crippen LogP contribution < -0.4 is 14.8 Å². The van der Waals surface area contributed by atoms with E-state index in [0.717, 1.165) is 42.4 Å². The zero-order valence-corrected chi connectivity index (χ0v) is 29.5. The van der Waals surface area contributed by atoms with Crippen LogP contribution in [0.5, 0.6) is 5.88 Å². The molecule has 2 aromatic carbocycles. The summed E-state index contributed by atoms with van der Waals surface area (Å²) in [5.41, 5.74) is 1.93. The molecule has 2 atom stereocenters. The summed E-state index contributed by atoms with van der Waals surface area (Å²) in [4.78, 5) is 21.1. The van der Waals surface area contributed by atoms with E-state index in [1.165, 1.54) is 6.07 Å². The van der Waals surface area contributed by atoms with Crippen LogP contribution in [0.3, 0.4) is 0 Å². The van der Waals surface area contributed by atoms with Crippen molar-refractivity contribution in [1.82, 2.24) is 15.3 Å². The Hall–Kier alpha value is -3.87. The highest BCUT2D eigenvalue weighted by atomic mass is 32.2. The fourth-order valence-corrected chi connectivity index (χ4v) is 9.77. The van der Waals surface area contributed by atoms with Crippen LogP contribution in [0.25, 0.3) is 11.3 Å². The largest absolute Gasteiger partial charge is 0.477 e. The lowest BCUT2D eigenvalue weighted by Gasteiger charge is -2.60. The Balaban J connectivity index is 1.24. The summed E-state index contributed by atoms with van der Waals surface area (Å²) < 4.78 is 85.3. The van der Waals surface area contributed by atoms with Gasteiger partial charge in [-0.25, -0.2) is 22.9 Å². The van der Waals surface area contributed by atoms with Crippen molar-refractivity contribution in [2.75, 3.05) is 11.3 Å². The fourth-order valence-electron chi connectivity index (χ4n) is 8.77. The van der Waals surface area contributed by atoms with Crippen LogP contribution in [0.2, 0.25) is 0 Å². The van der Waals surface area contributed by atoms with Crippen LogP contribution in [0.15, 0.2) is 53.4 Å². The van der Waals surface area contributed by atoms with E-state index in [4.69, 9.17) is 9.47 Å². The van der Waals surface area contributed by atoms with Crippen LogP contribution in [0.4, 0.5) is 23.9 Å². The standard InChI is InChI=1S/C37H43F3N4O5S/c1-21(2)49-34(45)41-27-18-35(19-27)15-25(16-35)32-24-9-6-10-28(13-24)50(46,47)44-33-42-29(31-22(3)7-5-8-23(31)4)14-30(43-33)48-20-26(32)17-36(11-12-36)37(38,39)40/h5-10,13-14,21,25-27,32H,11-12,15-20H2,1-4H3,(H,41,45)(H,42,43,44)/t25?,26-,27?,32?,35?/m1/s1. The van der Waals surface area contributed by atoms with Gasteiger partial charge < -0.3 is 14.8 Å². The number of carbonyl (C=O) groups is 1. The molecular formula is C37H43F3N4O5S. The van der Waals surface area contributed by atoms with Crippen molar-refractivity contribution in [3.8, 4) is 17.1 Å². The molecule has 50 heavy (non-hydrogen) atoms. The van der Waals surface area contributed by atoms with Gasteiger partial charge in [0.2, 0.25) is 11.8 Å². The number of fused-ring (bicyclic) bond motifs is 4. The molecule has 2 N–H and O–H groups in total. The van der Waals surface area contributed by atoms with Gasteiger partial charge >= 0.3 is 12.3 Å². The van der Waals surface area contributed by atoms with Gasteiger partial charge in [0.25, 0.3) is 10.0 Å². The molecule has 9 nitrogen and oxygen atoms in total. The van der Waals surface area contributed by atoms with Crippen molar-refractivity contribution in [3.63, 3.8) is 0 Å². The topological polar surface area (TPSA) is 120 Å². The minimum absolute atomic E-state index is 0.00353. The summed E-state index contributed by atoms with van der Waals surface area (Å²) >= 11 is 0. The normalized spacial score (nSPS) is 27.8. The number of alkyl halides is 3. The molecule has 1 aliphatic heterocycles. The zero-order valence-electron chi connectivity index (χ0n) is 28.6. The third kappa shape index (κ3) is 6.65. The molecule has 2 heterocycles. The molecule has 4 bridgehead atoms. The number of ether oxygens (including phenoxy) is 2. The van der Waals surface area contributed by atoms with E-state index in [1.807, 2.05) is 38.1 Å². The smallest absolute Gasteiger partial charge is 0.407 e. The van der Waals surface area contributed by atoms with Crippen molar-refractivity contribution in [2.45, 2.75) is 102 Å². The second-order valence-electron chi connectivity index (χ2n) is 15.3. The highest BCUT2D eigenvalue weighted by molar-refractivity contribution is 7.92. The van der Waals surface area contributed by atoms with Crippen LogP contribution in [0.1, 0.15) is 81.4 Å². The molecule has 1 unspecified atom stereocenters. The van der Waals surface area contributed by atoms with Gasteiger partial charge in [-0.3, -0.25) is 0 Å². The van der Waals surface area contributed by atoms with Gasteiger partial charge in [0.05, 0.1) is 28.7 Å². The van der Waals surface area contributed by atoms with E-state index in [2.05, 4.69) is 20.0 Å². The Morgan fingerprint density at radius 3 is 2.36 bits per heavy atom. The van der Waals surface area contributed by atoms with Gasteiger partial charge in [-0.1, -0.05) is 30.3 Å². The van der Waals surface area contributed by atoms with Crippen molar-refractivity contribution < 1.29 is 35.9 Å². The molecule has 3 aliphatic carbocycles. The molecule has 13 heteroatoms. The van der Waals surface area contributed by atoms with Gasteiger partial charge in [0.15, 0.2) is 0 Å². The van der Waals surface area contributed by atoms with E-state index in [1.54, 1.807) is 32.0 Å². The predicted molar refractivity (Wildman–Crippen MR) is 181 cm³/mol. The molecule has 3 saturated carbocycles. The van der Waals surface area contributed by atoms with E-state index in [-0.39, 0.29) is 66.1 Å². The maximum Gasteiger partial charge on any atom is 0.407 e. The number of anilines is 1. The number of amides is 1. The molecule has 0 saturated heterocycles. The minimum Gasteiger partial charge on any atom is -0.477 e. The molecular weight excluding hydrogens is 669 g/mol. The Labute approximate surface area is 290 Å². The number of hydrogen-bond donors (Lipinski definition) is 2. The number of benzene rings is 2. The Kier molecular flexibility index (Phi) is 8.59. The molecule has 1 aromatic heterocycles.